The maximum Gasteiger partial charge on any atom is 0.255 e. The van der Waals surface area contributed by atoms with Crippen LogP contribution in [0.2, 0.25) is 0 Å². The highest BCUT2D eigenvalue weighted by Gasteiger charge is 2.39. The molecule has 0 saturated carbocycles. The van der Waals surface area contributed by atoms with Crippen molar-refractivity contribution in [2.75, 3.05) is 25.5 Å². The summed E-state index contributed by atoms with van der Waals surface area (Å²) in [5.41, 5.74) is 4.51. The second kappa shape index (κ2) is 13.9. The summed E-state index contributed by atoms with van der Waals surface area (Å²) in [6.45, 7) is 2.95. The molecule has 0 aliphatic carbocycles. The van der Waals surface area contributed by atoms with Gasteiger partial charge in [-0.15, -0.1) is 0 Å². The van der Waals surface area contributed by atoms with E-state index in [9.17, 15) is 20.1 Å². The van der Waals surface area contributed by atoms with E-state index in [1.807, 2.05) is 78.7 Å². The third kappa shape index (κ3) is 7.67. The Bertz CT molecular complexity index is 1480. The minimum atomic E-state index is -0.775. The SMILES string of the molecule is C[C@H]1[C@@H](CN(C)C[C@@H](O)c2cccc(O)c2)O[C@@H](c2ccc(NC(=O)c3ccccc3)cc2)O[C@H]1c1ccc(CO)cc1. The first kappa shape index (κ1) is 30.4. The van der Waals surface area contributed by atoms with Crippen LogP contribution < -0.4 is 5.32 Å². The molecule has 4 aromatic rings. The zero-order valence-electron chi connectivity index (χ0n) is 24.3. The number of likely N-dealkylation sites (N-methyl/N-ethyl adjacent to an activating group) is 1. The predicted molar refractivity (Wildman–Crippen MR) is 164 cm³/mol. The molecule has 1 fully saturated rings. The van der Waals surface area contributed by atoms with E-state index in [0.29, 0.717) is 29.9 Å². The lowest BCUT2D eigenvalue weighted by molar-refractivity contribution is -0.276. The number of anilines is 1. The molecule has 1 aliphatic heterocycles. The molecular formula is C35H38N2O6. The van der Waals surface area contributed by atoms with Crippen molar-refractivity contribution in [2.45, 2.75) is 38.1 Å². The first-order valence-electron chi connectivity index (χ1n) is 14.4. The molecule has 0 unspecified atom stereocenters. The highest BCUT2D eigenvalue weighted by Crippen LogP contribution is 2.42. The molecule has 5 rings (SSSR count). The van der Waals surface area contributed by atoms with Crippen molar-refractivity contribution < 1.29 is 29.6 Å². The molecule has 43 heavy (non-hydrogen) atoms. The Hall–Kier alpha value is -4.05. The Balaban J connectivity index is 1.32. The van der Waals surface area contributed by atoms with Crippen LogP contribution in [0.3, 0.4) is 0 Å². The third-order valence-corrected chi connectivity index (χ3v) is 7.83. The molecule has 0 bridgehead atoms. The van der Waals surface area contributed by atoms with Crippen molar-refractivity contribution in [3.63, 3.8) is 0 Å². The summed E-state index contributed by atoms with van der Waals surface area (Å²) in [7, 11) is 1.93. The average Bonchev–Trinajstić information content (AvgIpc) is 3.03. The lowest BCUT2D eigenvalue weighted by Gasteiger charge is -2.42. The molecule has 0 radical (unpaired) electrons. The number of carbonyl (C=O) groups excluding carboxylic acids is 1. The van der Waals surface area contributed by atoms with Crippen LogP contribution >= 0.6 is 0 Å². The minimum Gasteiger partial charge on any atom is -0.508 e. The molecule has 1 saturated heterocycles. The number of nitrogens with one attached hydrogen (secondary N) is 1. The van der Waals surface area contributed by atoms with Gasteiger partial charge < -0.3 is 35.0 Å². The van der Waals surface area contributed by atoms with Gasteiger partial charge in [0.05, 0.1) is 24.9 Å². The Kier molecular flexibility index (Phi) is 9.86. The molecule has 5 atom stereocenters. The second-order valence-electron chi connectivity index (χ2n) is 11.1. The van der Waals surface area contributed by atoms with Crippen molar-refractivity contribution in [1.29, 1.82) is 0 Å². The summed E-state index contributed by atoms with van der Waals surface area (Å²) in [5, 5.41) is 33.1. The normalized spacial score (nSPS) is 21.0. The van der Waals surface area contributed by atoms with Crippen LogP contribution in [0.15, 0.2) is 103 Å². The van der Waals surface area contributed by atoms with Crippen molar-refractivity contribution in [2.24, 2.45) is 5.92 Å². The summed E-state index contributed by atoms with van der Waals surface area (Å²) < 4.78 is 13.1. The quantitative estimate of drug-likeness (QED) is 0.193. The number of aromatic hydroxyl groups is 1. The van der Waals surface area contributed by atoms with Gasteiger partial charge in [-0.1, -0.05) is 73.7 Å². The number of phenolic OH excluding ortho intramolecular Hbond substituents is 1. The number of nitrogens with zero attached hydrogens (tertiary/aromatic N) is 1. The van der Waals surface area contributed by atoms with Crippen LogP contribution in [0, 0.1) is 5.92 Å². The van der Waals surface area contributed by atoms with Gasteiger partial charge in [0.15, 0.2) is 6.29 Å². The molecule has 224 valence electrons. The van der Waals surface area contributed by atoms with Gasteiger partial charge in [0, 0.05) is 35.8 Å². The zero-order chi connectivity index (χ0) is 30.3. The van der Waals surface area contributed by atoms with E-state index in [-0.39, 0.29) is 36.4 Å². The smallest absolute Gasteiger partial charge is 0.255 e. The van der Waals surface area contributed by atoms with E-state index in [2.05, 4.69) is 12.2 Å². The standard InChI is InChI=1S/C35H38N2O6/c1-23-32(21-37(2)20-31(40)28-9-6-10-30(39)19-28)42-35(43-33(23)25-13-11-24(22-38)12-14-25)27-15-17-29(18-16-27)36-34(41)26-7-4-3-5-8-26/h3-19,23,31-33,35,38-40H,20-22H2,1-2H3,(H,36,41)/t23-,31+,32+,33+,35+/m0/s1. The van der Waals surface area contributed by atoms with E-state index < -0.39 is 12.4 Å². The molecule has 4 N–H and O–H groups in total. The number of aliphatic hydroxyl groups excluding tert-OH is 2. The molecular weight excluding hydrogens is 544 g/mol. The van der Waals surface area contributed by atoms with Crippen LogP contribution in [0.25, 0.3) is 0 Å². The zero-order valence-corrected chi connectivity index (χ0v) is 24.3. The number of ether oxygens (including phenoxy) is 2. The van der Waals surface area contributed by atoms with E-state index in [1.165, 1.54) is 0 Å². The number of aliphatic hydroxyl groups is 2. The lowest BCUT2D eigenvalue weighted by Crippen LogP contribution is -2.44. The van der Waals surface area contributed by atoms with Crippen molar-refractivity contribution in [3.05, 3.63) is 131 Å². The highest BCUT2D eigenvalue weighted by atomic mass is 16.7. The van der Waals surface area contributed by atoms with Crippen molar-refractivity contribution in [1.82, 2.24) is 4.90 Å². The number of rotatable bonds is 10. The topological polar surface area (TPSA) is 111 Å². The number of carbonyl (C=O) groups is 1. The summed E-state index contributed by atoms with van der Waals surface area (Å²) in [6.07, 6.45) is -1.95. The van der Waals surface area contributed by atoms with Crippen LogP contribution in [0.1, 0.15) is 58.0 Å². The van der Waals surface area contributed by atoms with Gasteiger partial charge in [0.1, 0.15) is 5.75 Å². The maximum atomic E-state index is 12.6. The van der Waals surface area contributed by atoms with Crippen LogP contribution in [-0.4, -0.2) is 52.4 Å². The van der Waals surface area contributed by atoms with Gasteiger partial charge in [-0.25, -0.2) is 0 Å². The molecule has 0 spiro atoms. The fourth-order valence-corrected chi connectivity index (χ4v) is 5.36. The van der Waals surface area contributed by atoms with Gasteiger partial charge in [0.2, 0.25) is 0 Å². The number of phenols is 1. The summed E-state index contributed by atoms with van der Waals surface area (Å²) >= 11 is 0. The molecule has 4 aromatic carbocycles. The fraction of sp³-hybridized carbons (Fsp3) is 0.286. The van der Waals surface area contributed by atoms with Gasteiger partial charge in [0.25, 0.3) is 5.91 Å². The molecule has 8 nitrogen and oxygen atoms in total. The number of amides is 1. The molecule has 1 heterocycles. The molecule has 0 aromatic heterocycles. The minimum absolute atomic E-state index is 0.0268. The average molecular weight is 583 g/mol. The monoisotopic (exact) mass is 582 g/mol. The van der Waals surface area contributed by atoms with Gasteiger partial charge >= 0.3 is 0 Å². The second-order valence-corrected chi connectivity index (χ2v) is 11.1. The predicted octanol–water partition coefficient (Wildman–Crippen LogP) is 5.59. The first-order chi connectivity index (χ1) is 20.8. The van der Waals surface area contributed by atoms with Crippen molar-refractivity contribution >= 4 is 11.6 Å². The Morgan fingerprint density at radius 3 is 2.28 bits per heavy atom. The first-order valence-corrected chi connectivity index (χ1v) is 14.4. The number of hydrogen-bond acceptors (Lipinski definition) is 7. The summed E-state index contributed by atoms with van der Waals surface area (Å²) in [5.74, 6) is -0.0973. The summed E-state index contributed by atoms with van der Waals surface area (Å²) in [6, 6.07) is 30.9. The number of hydrogen-bond donors (Lipinski definition) is 4. The van der Waals surface area contributed by atoms with E-state index in [1.54, 1.807) is 36.4 Å². The molecule has 1 aliphatic rings. The van der Waals surface area contributed by atoms with Crippen LogP contribution in [0.5, 0.6) is 5.75 Å². The largest absolute Gasteiger partial charge is 0.508 e. The van der Waals surface area contributed by atoms with Gasteiger partial charge in [-0.2, -0.15) is 0 Å². The molecule has 8 heteroatoms. The van der Waals surface area contributed by atoms with Crippen LogP contribution in [0.4, 0.5) is 5.69 Å². The van der Waals surface area contributed by atoms with E-state index >= 15 is 0 Å². The highest BCUT2D eigenvalue weighted by molar-refractivity contribution is 6.04. The van der Waals surface area contributed by atoms with Crippen molar-refractivity contribution in [3.8, 4) is 5.75 Å². The van der Waals surface area contributed by atoms with Crippen LogP contribution in [-0.2, 0) is 16.1 Å². The van der Waals surface area contributed by atoms with E-state index in [4.69, 9.17) is 9.47 Å². The summed E-state index contributed by atoms with van der Waals surface area (Å²) in [4.78, 5) is 14.6. The van der Waals surface area contributed by atoms with Gasteiger partial charge in [-0.3, -0.25) is 4.79 Å². The fourth-order valence-electron chi connectivity index (χ4n) is 5.36. The lowest BCUT2D eigenvalue weighted by atomic mass is 9.90. The van der Waals surface area contributed by atoms with Gasteiger partial charge in [-0.05, 0) is 60.1 Å². The maximum absolute atomic E-state index is 12.6. The number of benzene rings is 4. The Labute approximate surface area is 252 Å². The van der Waals surface area contributed by atoms with E-state index in [0.717, 1.165) is 16.7 Å². The Morgan fingerprint density at radius 1 is 0.907 bits per heavy atom. The third-order valence-electron chi connectivity index (χ3n) is 7.83. The Morgan fingerprint density at radius 2 is 1.60 bits per heavy atom. The molecule has 1 amide bonds.